The lowest BCUT2D eigenvalue weighted by molar-refractivity contribution is -0.133. The van der Waals surface area contributed by atoms with Crippen LogP contribution in [-0.4, -0.2) is 59.4 Å². The van der Waals surface area contributed by atoms with E-state index < -0.39 is 0 Å². The quantitative estimate of drug-likeness (QED) is 0.755. The summed E-state index contributed by atoms with van der Waals surface area (Å²) in [6, 6.07) is 10.6. The predicted octanol–water partition coefficient (Wildman–Crippen LogP) is 2.62. The summed E-state index contributed by atoms with van der Waals surface area (Å²) >= 11 is 0. The maximum Gasteiger partial charge on any atom is 0.241 e. The Balaban J connectivity index is 1.49. The first-order valence-electron chi connectivity index (χ1n) is 11.7. The summed E-state index contributed by atoms with van der Waals surface area (Å²) in [4.78, 5) is 37.9. The summed E-state index contributed by atoms with van der Waals surface area (Å²) in [5.74, 6) is 1.84. The average molecular weight is 436 g/mol. The van der Waals surface area contributed by atoms with Crippen LogP contribution in [0.5, 0.6) is 0 Å². The van der Waals surface area contributed by atoms with Crippen molar-refractivity contribution in [2.45, 2.75) is 51.9 Å². The number of anilines is 1. The van der Waals surface area contributed by atoms with E-state index in [-0.39, 0.29) is 24.3 Å². The molecule has 0 bridgehead atoms. The first-order valence-corrected chi connectivity index (χ1v) is 11.7. The van der Waals surface area contributed by atoms with Crippen LogP contribution in [0.2, 0.25) is 0 Å². The van der Waals surface area contributed by atoms with Gasteiger partial charge in [0.15, 0.2) is 0 Å². The molecule has 2 aliphatic heterocycles. The first kappa shape index (κ1) is 22.2. The molecule has 2 aromatic rings. The molecule has 3 heterocycles. The maximum atomic E-state index is 12.5. The zero-order valence-electron chi connectivity index (χ0n) is 19.1. The molecular weight excluding hydrogens is 402 g/mol. The lowest BCUT2D eigenvalue weighted by Gasteiger charge is -2.34. The van der Waals surface area contributed by atoms with Crippen molar-refractivity contribution in [1.82, 2.24) is 20.2 Å². The standard InChI is InChI=1S/C25H33N5O2/c1-18-22-11-7-13-29(15-12-20-8-4-3-5-9-20)25(22)28-24(27-18)21-10-6-14-30(17-21)23(32)16-26-19(2)31/h3-5,8-9,21H,6-7,10-17H2,1-2H3,(H,26,31). The number of hydrogen-bond donors (Lipinski definition) is 1. The fraction of sp³-hybridized carbons (Fsp3) is 0.520. The summed E-state index contributed by atoms with van der Waals surface area (Å²) < 4.78 is 0. The number of carbonyl (C=O) groups excluding carboxylic acids is 2. The molecule has 170 valence electrons. The minimum Gasteiger partial charge on any atom is -0.356 e. The average Bonchev–Trinajstić information content (AvgIpc) is 2.82. The summed E-state index contributed by atoms with van der Waals surface area (Å²) in [6.07, 6.45) is 5.04. The second-order valence-corrected chi connectivity index (χ2v) is 8.88. The van der Waals surface area contributed by atoms with E-state index in [0.717, 1.165) is 69.1 Å². The van der Waals surface area contributed by atoms with Gasteiger partial charge in [0.05, 0.1) is 6.54 Å². The topological polar surface area (TPSA) is 78.4 Å². The van der Waals surface area contributed by atoms with Gasteiger partial charge in [0.2, 0.25) is 11.8 Å². The van der Waals surface area contributed by atoms with Crippen LogP contribution in [-0.2, 0) is 22.4 Å². The number of rotatable bonds is 6. The van der Waals surface area contributed by atoms with Gasteiger partial charge in [0, 0.05) is 50.3 Å². The molecule has 7 heteroatoms. The van der Waals surface area contributed by atoms with Gasteiger partial charge in [-0.05, 0) is 44.6 Å². The molecule has 2 amide bonds. The van der Waals surface area contributed by atoms with Gasteiger partial charge < -0.3 is 15.1 Å². The smallest absolute Gasteiger partial charge is 0.241 e. The van der Waals surface area contributed by atoms with Crippen molar-refractivity contribution in [3.05, 3.63) is 53.0 Å². The molecule has 0 aliphatic carbocycles. The van der Waals surface area contributed by atoms with Gasteiger partial charge >= 0.3 is 0 Å². The highest BCUT2D eigenvalue weighted by molar-refractivity contribution is 5.83. The van der Waals surface area contributed by atoms with Crippen molar-refractivity contribution >= 4 is 17.6 Å². The molecule has 0 radical (unpaired) electrons. The van der Waals surface area contributed by atoms with Crippen LogP contribution in [0.15, 0.2) is 30.3 Å². The van der Waals surface area contributed by atoms with E-state index >= 15 is 0 Å². The number of amides is 2. The molecule has 32 heavy (non-hydrogen) atoms. The molecule has 0 spiro atoms. The van der Waals surface area contributed by atoms with Crippen LogP contribution in [0.25, 0.3) is 0 Å². The first-order chi connectivity index (χ1) is 15.5. The largest absolute Gasteiger partial charge is 0.356 e. The molecule has 7 nitrogen and oxygen atoms in total. The van der Waals surface area contributed by atoms with Crippen LogP contribution in [0, 0.1) is 6.92 Å². The number of carbonyl (C=O) groups is 2. The van der Waals surface area contributed by atoms with Gasteiger partial charge in [-0.1, -0.05) is 30.3 Å². The Hall–Kier alpha value is -2.96. The van der Waals surface area contributed by atoms with Crippen LogP contribution in [0.3, 0.4) is 0 Å². The Morgan fingerprint density at radius 1 is 1.12 bits per heavy atom. The third-order valence-corrected chi connectivity index (χ3v) is 6.50. The van der Waals surface area contributed by atoms with Gasteiger partial charge in [0.25, 0.3) is 0 Å². The molecule has 1 aromatic heterocycles. The van der Waals surface area contributed by atoms with E-state index in [1.54, 1.807) is 0 Å². The summed E-state index contributed by atoms with van der Waals surface area (Å²) in [7, 11) is 0. The zero-order chi connectivity index (χ0) is 22.5. The van der Waals surface area contributed by atoms with Crippen molar-refractivity contribution in [3.8, 4) is 0 Å². The van der Waals surface area contributed by atoms with Crippen molar-refractivity contribution < 1.29 is 9.59 Å². The van der Waals surface area contributed by atoms with E-state index in [0.29, 0.717) is 6.54 Å². The number of fused-ring (bicyclic) bond motifs is 1. The van der Waals surface area contributed by atoms with Gasteiger partial charge in [0.1, 0.15) is 11.6 Å². The number of hydrogen-bond acceptors (Lipinski definition) is 5. The summed E-state index contributed by atoms with van der Waals surface area (Å²) in [6.45, 7) is 6.87. The van der Waals surface area contributed by atoms with Gasteiger partial charge in [-0.15, -0.1) is 0 Å². The molecule has 0 saturated carbocycles. The molecule has 1 N–H and O–H groups in total. The van der Waals surface area contributed by atoms with Crippen LogP contribution in [0.1, 0.15) is 54.7 Å². The molecule has 2 aliphatic rings. The molecule has 1 fully saturated rings. The Kier molecular flexibility index (Phi) is 7.02. The highest BCUT2D eigenvalue weighted by Gasteiger charge is 2.29. The number of nitrogens with one attached hydrogen (secondary N) is 1. The molecule has 1 saturated heterocycles. The molecule has 1 atom stereocenters. The van der Waals surface area contributed by atoms with Gasteiger partial charge in [-0.3, -0.25) is 9.59 Å². The highest BCUT2D eigenvalue weighted by Crippen LogP contribution is 2.31. The van der Waals surface area contributed by atoms with Crippen LogP contribution >= 0.6 is 0 Å². The number of aromatic nitrogens is 2. The molecule has 1 aromatic carbocycles. The monoisotopic (exact) mass is 435 g/mol. The Morgan fingerprint density at radius 2 is 1.94 bits per heavy atom. The van der Waals surface area contributed by atoms with Crippen LogP contribution in [0.4, 0.5) is 5.82 Å². The van der Waals surface area contributed by atoms with Crippen molar-refractivity contribution in [1.29, 1.82) is 0 Å². The lowest BCUT2D eigenvalue weighted by Crippen LogP contribution is -2.44. The van der Waals surface area contributed by atoms with Crippen molar-refractivity contribution in [3.63, 3.8) is 0 Å². The Bertz CT molecular complexity index is 962. The second kappa shape index (κ2) is 10.1. The summed E-state index contributed by atoms with van der Waals surface area (Å²) in [5.41, 5.74) is 3.67. The number of nitrogens with zero attached hydrogens (tertiary/aromatic N) is 4. The van der Waals surface area contributed by atoms with Crippen molar-refractivity contribution in [2.24, 2.45) is 0 Å². The van der Waals surface area contributed by atoms with Crippen molar-refractivity contribution in [2.75, 3.05) is 37.6 Å². The molecule has 1 unspecified atom stereocenters. The van der Waals surface area contributed by atoms with E-state index in [2.05, 4.69) is 47.5 Å². The fourth-order valence-electron chi connectivity index (χ4n) is 4.74. The second-order valence-electron chi connectivity index (χ2n) is 8.88. The number of benzene rings is 1. The summed E-state index contributed by atoms with van der Waals surface area (Å²) in [5, 5.41) is 2.61. The number of aryl methyl sites for hydroxylation is 1. The zero-order valence-corrected chi connectivity index (χ0v) is 19.1. The SMILES string of the molecule is CC(=O)NCC(=O)N1CCCC(c2nc(C)c3c(n2)N(CCc2ccccc2)CCC3)C1. The lowest BCUT2D eigenvalue weighted by atomic mass is 9.96. The van der Waals surface area contributed by atoms with E-state index in [4.69, 9.17) is 9.97 Å². The third kappa shape index (κ3) is 5.26. The van der Waals surface area contributed by atoms with Gasteiger partial charge in [-0.25, -0.2) is 9.97 Å². The molecule has 4 rings (SSSR count). The maximum absolute atomic E-state index is 12.5. The Morgan fingerprint density at radius 3 is 2.72 bits per heavy atom. The minimum absolute atomic E-state index is 0.0379. The number of piperidine rings is 1. The number of likely N-dealkylation sites (tertiary alicyclic amines) is 1. The van der Waals surface area contributed by atoms with E-state index in [9.17, 15) is 9.59 Å². The molecular formula is C25H33N5O2. The third-order valence-electron chi connectivity index (χ3n) is 6.50. The Labute approximate surface area is 190 Å². The normalized spacial score (nSPS) is 18.2. The predicted molar refractivity (Wildman–Crippen MR) is 125 cm³/mol. The van der Waals surface area contributed by atoms with Gasteiger partial charge in [-0.2, -0.15) is 0 Å². The van der Waals surface area contributed by atoms with E-state index in [1.165, 1.54) is 18.1 Å². The van der Waals surface area contributed by atoms with E-state index in [1.807, 2.05) is 4.90 Å². The fourth-order valence-corrected chi connectivity index (χ4v) is 4.74. The van der Waals surface area contributed by atoms with Crippen LogP contribution < -0.4 is 10.2 Å². The highest BCUT2D eigenvalue weighted by atomic mass is 16.2. The minimum atomic E-state index is -0.184.